The van der Waals surface area contributed by atoms with Gasteiger partial charge in [-0.1, -0.05) is 39.0 Å². The quantitative estimate of drug-likeness (QED) is 0.820. The fourth-order valence-electron chi connectivity index (χ4n) is 1.43. The molecule has 1 nitrogen and oxygen atoms in total. The van der Waals surface area contributed by atoms with Crippen LogP contribution in [-0.4, -0.2) is 16.3 Å². The van der Waals surface area contributed by atoms with Gasteiger partial charge in [0.25, 0.3) is 0 Å². The van der Waals surface area contributed by atoms with Crippen LogP contribution in [0.2, 0.25) is 0 Å². The van der Waals surface area contributed by atoms with Crippen molar-refractivity contribution in [2.45, 2.75) is 38.1 Å². The highest BCUT2D eigenvalue weighted by Gasteiger charge is 2.30. The third kappa shape index (κ3) is 6.14. The Labute approximate surface area is 115 Å². The van der Waals surface area contributed by atoms with Gasteiger partial charge >= 0.3 is 6.18 Å². The Hall–Kier alpha value is -0.970. The molecule has 0 saturated heterocycles. The Morgan fingerprint density at radius 3 is 2.37 bits per heavy atom. The van der Waals surface area contributed by atoms with Crippen molar-refractivity contribution in [3.05, 3.63) is 35.4 Å². The van der Waals surface area contributed by atoms with Crippen molar-refractivity contribution in [3.8, 4) is 0 Å². The minimum Gasteiger partial charge on any atom is -0.298 e. The predicted octanol–water partition coefficient (Wildman–Crippen LogP) is 4.35. The molecule has 0 saturated carbocycles. The van der Waals surface area contributed by atoms with E-state index in [0.717, 1.165) is 12.1 Å². The van der Waals surface area contributed by atoms with Crippen LogP contribution >= 0.6 is 11.8 Å². The summed E-state index contributed by atoms with van der Waals surface area (Å²) in [5.74, 6) is 0.263. The summed E-state index contributed by atoms with van der Waals surface area (Å²) < 4.78 is 37.5. The van der Waals surface area contributed by atoms with Gasteiger partial charge in [0.05, 0.1) is 11.3 Å². The van der Waals surface area contributed by atoms with E-state index in [0.29, 0.717) is 11.3 Å². The standard InChI is InChI=1S/C14H17F3OS/c1-13(2,3)19-9-12(18)8-10-5-4-6-11(7-10)14(15,16)17/h4-7H,8-9H2,1-3H3. The molecule has 0 radical (unpaired) electrons. The summed E-state index contributed by atoms with van der Waals surface area (Å²) >= 11 is 1.50. The molecule has 19 heavy (non-hydrogen) atoms. The molecule has 1 aromatic rings. The molecule has 0 spiro atoms. The number of carbonyl (C=O) groups is 1. The van der Waals surface area contributed by atoms with Gasteiger partial charge < -0.3 is 0 Å². The second-order valence-corrected chi connectivity index (χ2v) is 7.12. The van der Waals surface area contributed by atoms with E-state index in [4.69, 9.17) is 0 Å². The average molecular weight is 290 g/mol. The van der Waals surface area contributed by atoms with Crippen LogP contribution < -0.4 is 0 Å². The molecule has 5 heteroatoms. The Balaban J connectivity index is 2.65. The van der Waals surface area contributed by atoms with Crippen molar-refractivity contribution in [1.82, 2.24) is 0 Å². The number of carbonyl (C=O) groups excluding carboxylic acids is 1. The molecule has 0 aliphatic carbocycles. The van der Waals surface area contributed by atoms with Gasteiger partial charge in [0.15, 0.2) is 0 Å². The molecule has 0 aromatic heterocycles. The van der Waals surface area contributed by atoms with E-state index in [-0.39, 0.29) is 17.0 Å². The number of ketones is 1. The van der Waals surface area contributed by atoms with Gasteiger partial charge in [-0.15, -0.1) is 11.8 Å². The normalized spacial score (nSPS) is 12.5. The highest BCUT2D eigenvalue weighted by molar-refractivity contribution is 8.01. The maximum atomic E-state index is 12.5. The molecule has 0 fully saturated rings. The van der Waals surface area contributed by atoms with Crippen LogP contribution in [0.25, 0.3) is 0 Å². The summed E-state index contributed by atoms with van der Waals surface area (Å²) in [5.41, 5.74) is -0.296. The zero-order chi connectivity index (χ0) is 14.7. The zero-order valence-electron chi connectivity index (χ0n) is 11.2. The second kappa shape index (κ2) is 5.99. The number of alkyl halides is 3. The lowest BCUT2D eigenvalue weighted by molar-refractivity contribution is -0.137. The third-order valence-corrected chi connectivity index (χ3v) is 3.65. The minimum absolute atomic E-state index is 0.0243. The van der Waals surface area contributed by atoms with Gasteiger partial charge in [0.2, 0.25) is 0 Å². The van der Waals surface area contributed by atoms with Gasteiger partial charge in [0.1, 0.15) is 5.78 Å². The largest absolute Gasteiger partial charge is 0.416 e. The maximum absolute atomic E-state index is 12.5. The second-order valence-electron chi connectivity index (χ2n) is 5.31. The molecular weight excluding hydrogens is 273 g/mol. The first-order valence-corrected chi connectivity index (χ1v) is 6.88. The van der Waals surface area contributed by atoms with E-state index in [2.05, 4.69) is 0 Å². The first kappa shape index (κ1) is 16.1. The van der Waals surface area contributed by atoms with Gasteiger partial charge in [-0.2, -0.15) is 13.2 Å². The van der Waals surface area contributed by atoms with Crippen LogP contribution in [-0.2, 0) is 17.4 Å². The van der Waals surface area contributed by atoms with E-state index in [1.165, 1.54) is 17.8 Å². The van der Waals surface area contributed by atoms with Crippen LogP contribution in [0.4, 0.5) is 13.2 Å². The van der Waals surface area contributed by atoms with Crippen molar-refractivity contribution in [2.24, 2.45) is 0 Å². The number of hydrogen-bond acceptors (Lipinski definition) is 2. The fraction of sp³-hybridized carbons (Fsp3) is 0.500. The first-order valence-electron chi connectivity index (χ1n) is 5.90. The van der Waals surface area contributed by atoms with Crippen molar-refractivity contribution < 1.29 is 18.0 Å². The molecule has 1 rings (SSSR count). The summed E-state index contributed by atoms with van der Waals surface area (Å²) in [5, 5.41) is 0. The molecule has 0 aliphatic heterocycles. The van der Waals surface area contributed by atoms with E-state index < -0.39 is 11.7 Å². The molecule has 0 bridgehead atoms. The Bertz CT molecular complexity index is 447. The number of hydrogen-bond donors (Lipinski definition) is 0. The van der Waals surface area contributed by atoms with Crippen LogP contribution in [0.3, 0.4) is 0 Å². The molecule has 0 amide bonds. The fourth-order valence-corrected chi connectivity index (χ4v) is 2.13. The summed E-state index contributed by atoms with van der Waals surface area (Å²) in [6.45, 7) is 5.99. The lowest BCUT2D eigenvalue weighted by atomic mass is 10.1. The lowest BCUT2D eigenvalue weighted by Crippen LogP contribution is -2.14. The Kier molecular flexibility index (Phi) is 5.07. The van der Waals surface area contributed by atoms with Gasteiger partial charge in [0, 0.05) is 11.2 Å². The van der Waals surface area contributed by atoms with E-state index in [9.17, 15) is 18.0 Å². The number of benzene rings is 1. The summed E-state index contributed by atoms with van der Waals surface area (Å²) in [6, 6.07) is 4.94. The third-order valence-electron chi connectivity index (χ3n) is 2.32. The smallest absolute Gasteiger partial charge is 0.298 e. The molecule has 0 heterocycles. The van der Waals surface area contributed by atoms with E-state index in [1.54, 1.807) is 6.07 Å². The minimum atomic E-state index is -4.36. The first-order chi connectivity index (χ1) is 8.58. The Morgan fingerprint density at radius 1 is 1.21 bits per heavy atom. The van der Waals surface area contributed by atoms with Crippen molar-refractivity contribution in [3.63, 3.8) is 0 Å². The van der Waals surface area contributed by atoms with E-state index in [1.807, 2.05) is 20.8 Å². The monoisotopic (exact) mass is 290 g/mol. The van der Waals surface area contributed by atoms with Crippen LogP contribution in [0.1, 0.15) is 31.9 Å². The SMILES string of the molecule is CC(C)(C)SCC(=O)Cc1cccc(C(F)(F)F)c1. The van der Waals surface area contributed by atoms with Crippen LogP contribution in [0, 0.1) is 0 Å². The topological polar surface area (TPSA) is 17.1 Å². The van der Waals surface area contributed by atoms with Crippen molar-refractivity contribution >= 4 is 17.5 Å². The van der Waals surface area contributed by atoms with Gasteiger partial charge in [-0.25, -0.2) is 0 Å². The number of thioether (sulfide) groups is 1. The summed E-state index contributed by atoms with van der Waals surface area (Å²) in [4.78, 5) is 11.7. The number of Topliss-reactive ketones (excluding diaryl/α,β-unsaturated/α-hetero) is 1. The van der Waals surface area contributed by atoms with Gasteiger partial charge in [-0.05, 0) is 11.6 Å². The maximum Gasteiger partial charge on any atom is 0.416 e. The number of halogens is 3. The lowest BCUT2D eigenvalue weighted by Gasteiger charge is -2.16. The van der Waals surface area contributed by atoms with Crippen LogP contribution in [0.5, 0.6) is 0 Å². The molecule has 1 aromatic carbocycles. The van der Waals surface area contributed by atoms with Crippen molar-refractivity contribution in [2.75, 3.05) is 5.75 Å². The molecular formula is C14H17F3OS. The van der Waals surface area contributed by atoms with E-state index >= 15 is 0 Å². The highest BCUT2D eigenvalue weighted by Crippen LogP contribution is 2.30. The number of rotatable bonds is 4. The highest BCUT2D eigenvalue weighted by atomic mass is 32.2. The van der Waals surface area contributed by atoms with Crippen LogP contribution in [0.15, 0.2) is 24.3 Å². The van der Waals surface area contributed by atoms with Crippen molar-refractivity contribution in [1.29, 1.82) is 0 Å². The molecule has 106 valence electrons. The molecule has 0 unspecified atom stereocenters. The summed E-state index contributed by atoms with van der Waals surface area (Å²) in [7, 11) is 0. The molecule has 0 aliphatic rings. The Morgan fingerprint density at radius 2 is 1.84 bits per heavy atom. The predicted molar refractivity (Wildman–Crippen MR) is 72.4 cm³/mol. The molecule has 0 atom stereocenters. The zero-order valence-corrected chi connectivity index (χ0v) is 12.0. The van der Waals surface area contributed by atoms with Gasteiger partial charge in [-0.3, -0.25) is 4.79 Å². The molecule has 0 N–H and O–H groups in total. The summed E-state index contributed by atoms with van der Waals surface area (Å²) in [6.07, 6.45) is -4.31. The average Bonchev–Trinajstić information content (AvgIpc) is 2.25.